The van der Waals surface area contributed by atoms with Crippen LogP contribution in [0.4, 0.5) is 10.5 Å². The van der Waals surface area contributed by atoms with E-state index in [9.17, 15) is 13.2 Å². The summed E-state index contributed by atoms with van der Waals surface area (Å²) in [6, 6.07) is 3.19. The van der Waals surface area contributed by atoms with Crippen molar-refractivity contribution >= 4 is 21.8 Å². The number of rotatable bonds is 1. The summed E-state index contributed by atoms with van der Waals surface area (Å²) in [6.45, 7) is 7.49. The van der Waals surface area contributed by atoms with E-state index in [2.05, 4.69) is 0 Å². The van der Waals surface area contributed by atoms with Crippen molar-refractivity contribution in [2.24, 2.45) is 5.14 Å². The quantitative estimate of drug-likeness (QED) is 0.858. The van der Waals surface area contributed by atoms with Crippen LogP contribution in [-0.4, -0.2) is 26.7 Å². The maximum atomic E-state index is 12.3. The molecule has 1 aliphatic rings. The molecule has 1 amide bonds. The molecule has 0 unspecified atom stereocenters. The van der Waals surface area contributed by atoms with Crippen molar-refractivity contribution in [3.63, 3.8) is 0 Å². The SMILES string of the molecule is Cc1c(S(N)(=O)=O)ccc2c1N(C(=O)OC(C)(C)C)CC2. The molecule has 7 heteroatoms. The van der Waals surface area contributed by atoms with Gasteiger partial charge in [0, 0.05) is 6.54 Å². The minimum absolute atomic E-state index is 0.0386. The Morgan fingerprint density at radius 2 is 1.95 bits per heavy atom. The predicted molar refractivity (Wildman–Crippen MR) is 79.8 cm³/mol. The van der Waals surface area contributed by atoms with Crippen LogP contribution < -0.4 is 10.0 Å². The zero-order valence-electron chi connectivity index (χ0n) is 12.6. The Kier molecular flexibility index (Phi) is 3.75. The van der Waals surface area contributed by atoms with Crippen LogP contribution in [0.2, 0.25) is 0 Å². The first-order valence-electron chi connectivity index (χ1n) is 6.66. The van der Waals surface area contributed by atoms with Crippen LogP contribution in [0.25, 0.3) is 0 Å². The fourth-order valence-electron chi connectivity index (χ4n) is 2.47. The number of nitrogens with zero attached hydrogens (tertiary/aromatic N) is 1. The molecule has 1 aliphatic heterocycles. The van der Waals surface area contributed by atoms with Gasteiger partial charge in [-0.1, -0.05) is 6.07 Å². The van der Waals surface area contributed by atoms with E-state index in [1.54, 1.807) is 33.8 Å². The standard InChI is InChI=1S/C14H20N2O4S/c1-9-11(21(15,18)19)6-5-10-7-8-16(12(9)10)13(17)20-14(2,3)4/h5-6H,7-8H2,1-4H3,(H2,15,18,19). The van der Waals surface area contributed by atoms with Crippen LogP contribution in [0, 0.1) is 6.92 Å². The molecule has 0 atom stereocenters. The molecular formula is C14H20N2O4S. The first kappa shape index (κ1) is 15.8. The summed E-state index contributed by atoms with van der Waals surface area (Å²) < 4.78 is 28.6. The number of hydrogen-bond donors (Lipinski definition) is 1. The Labute approximate surface area is 124 Å². The molecule has 0 saturated carbocycles. The van der Waals surface area contributed by atoms with Crippen LogP contribution in [0.5, 0.6) is 0 Å². The molecule has 0 aliphatic carbocycles. The van der Waals surface area contributed by atoms with E-state index in [-0.39, 0.29) is 4.90 Å². The van der Waals surface area contributed by atoms with E-state index < -0.39 is 21.7 Å². The molecule has 0 saturated heterocycles. The first-order valence-corrected chi connectivity index (χ1v) is 8.21. The second kappa shape index (κ2) is 4.99. The number of hydrogen-bond acceptors (Lipinski definition) is 4. The summed E-state index contributed by atoms with van der Waals surface area (Å²) in [6.07, 6.45) is 0.191. The van der Waals surface area contributed by atoms with Crippen molar-refractivity contribution in [2.75, 3.05) is 11.4 Å². The van der Waals surface area contributed by atoms with E-state index >= 15 is 0 Å². The molecule has 0 bridgehead atoms. The van der Waals surface area contributed by atoms with Crippen molar-refractivity contribution in [3.8, 4) is 0 Å². The molecule has 21 heavy (non-hydrogen) atoms. The third-order valence-corrected chi connectivity index (χ3v) is 4.32. The lowest BCUT2D eigenvalue weighted by molar-refractivity contribution is 0.0583. The highest BCUT2D eigenvalue weighted by Crippen LogP contribution is 2.35. The van der Waals surface area contributed by atoms with Gasteiger partial charge in [0.05, 0.1) is 10.6 Å². The number of ether oxygens (including phenoxy) is 1. The molecule has 6 nitrogen and oxygen atoms in total. The smallest absolute Gasteiger partial charge is 0.414 e. The molecular weight excluding hydrogens is 292 g/mol. The summed E-state index contributed by atoms with van der Waals surface area (Å²) in [7, 11) is -3.82. The van der Waals surface area contributed by atoms with Crippen LogP contribution >= 0.6 is 0 Å². The number of fused-ring (bicyclic) bond motifs is 1. The molecule has 116 valence electrons. The fraction of sp³-hybridized carbons (Fsp3) is 0.500. The summed E-state index contributed by atoms with van der Waals surface area (Å²) in [5.41, 5.74) is 1.39. The number of carbonyl (C=O) groups excluding carboxylic acids is 1. The Morgan fingerprint density at radius 3 is 2.48 bits per heavy atom. The van der Waals surface area contributed by atoms with Gasteiger partial charge in [0.25, 0.3) is 0 Å². The Bertz CT molecular complexity index is 690. The third kappa shape index (κ3) is 3.19. The normalized spacial score (nSPS) is 15.0. The number of amides is 1. The van der Waals surface area contributed by atoms with Crippen molar-refractivity contribution < 1.29 is 17.9 Å². The molecule has 1 aromatic carbocycles. The minimum Gasteiger partial charge on any atom is -0.443 e. The summed E-state index contributed by atoms with van der Waals surface area (Å²) in [4.78, 5) is 13.8. The zero-order valence-corrected chi connectivity index (χ0v) is 13.5. The molecule has 0 fully saturated rings. The summed E-state index contributed by atoms with van der Waals surface area (Å²) in [5, 5.41) is 5.21. The average Bonchev–Trinajstić information content (AvgIpc) is 2.69. The van der Waals surface area contributed by atoms with Crippen LogP contribution in [0.1, 0.15) is 31.9 Å². The molecule has 0 radical (unpaired) electrons. The van der Waals surface area contributed by atoms with E-state index in [1.807, 2.05) is 0 Å². The van der Waals surface area contributed by atoms with Gasteiger partial charge in [-0.3, -0.25) is 4.90 Å². The van der Waals surface area contributed by atoms with Gasteiger partial charge in [0.15, 0.2) is 0 Å². The molecule has 0 spiro atoms. The highest BCUT2D eigenvalue weighted by molar-refractivity contribution is 7.89. The van der Waals surface area contributed by atoms with Crippen molar-refractivity contribution in [1.82, 2.24) is 0 Å². The van der Waals surface area contributed by atoms with Gasteiger partial charge >= 0.3 is 6.09 Å². The van der Waals surface area contributed by atoms with E-state index in [4.69, 9.17) is 9.88 Å². The van der Waals surface area contributed by atoms with Gasteiger partial charge in [0.2, 0.25) is 10.0 Å². The first-order chi connectivity index (χ1) is 9.50. The second-order valence-electron chi connectivity index (χ2n) is 6.12. The number of primary sulfonamides is 1. The lowest BCUT2D eigenvalue weighted by Crippen LogP contribution is -2.36. The predicted octanol–water partition coefficient (Wildman–Crippen LogP) is 1.94. The monoisotopic (exact) mass is 312 g/mol. The van der Waals surface area contributed by atoms with E-state index in [1.165, 1.54) is 11.0 Å². The highest BCUT2D eigenvalue weighted by Gasteiger charge is 2.32. The average molecular weight is 312 g/mol. The molecule has 2 N–H and O–H groups in total. The minimum atomic E-state index is -3.82. The third-order valence-electron chi connectivity index (χ3n) is 3.26. The van der Waals surface area contributed by atoms with Gasteiger partial charge in [-0.25, -0.2) is 18.4 Å². The second-order valence-corrected chi connectivity index (χ2v) is 7.65. The van der Waals surface area contributed by atoms with Gasteiger partial charge in [-0.2, -0.15) is 0 Å². The van der Waals surface area contributed by atoms with Gasteiger partial charge in [-0.05, 0) is 51.3 Å². The lowest BCUT2D eigenvalue weighted by atomic mass is 10.1. The van der Waals surface area contributed by atoms with Gasteiger partial charge < -0.3 is 4.74 Å². The fourth-order valence-corrected chi connectivity index (χ4v) is 3.25. The maximum absolute atomic E-state index is 12.3. The van der Waals surface area contributed by atoms with E-state index in [0.29, 0.717) is 24.2 Å². The van der Waals surface area contributed by atoms with Crippen LogP contribution in [0.15, 0.2) is 17.0 Å². The van der Waals surface area contributed by atoms with Crippen molar-refractivity contribution in [1.29, 1.82) is 0 Å². The Hall–Kier alpha value is -1.60. The molecule has 1 heterocycles. The number of benzene rings is 1. The topological polar surface area (TPSA) is 89.7 Å². The Morgan fingerprint density at radius 1 is 1.33 bits per heavy atom. The molecule has 1 aromatic rings. The zero-order chi connectivity index (χ0) is 16.0. The largest absolute Gasteiger partial charge is 0.443 e. The molecule has 0 aromatic heterocycles. The number of anilines is 1. The summed E-state index contributed by atoms with van der Waals surface area (Å²) in [5.74, 6) is 0. The Balaban J connectivity index is 2.46. The van der Waals surface area contributed by atoms with Crippen LogP contribution in [0.3, 0.4) is 0 Å². The van der Waals surface area contributed by atoms with Crippen molar-refractivity contribution in [3.05, 3.63) is 23.3 Å². The van der Waals surface area contributed by atoms with Gasteiger partial charge in [0.1, 0.15) is 5.60 Å². The van der Waals surface area contributed by atoms with Crippen LogP contribution in [-0.2, 0) is 21.2 Å². The summed E-state index contributed by atoms with van der Waals surface area (Å²) >= 11 is 0. The number of carbonyl (C=O) groups is 1. The number of nitrogens with two attached hydrogens (primary N) is 1. The van der Waals surface area contributed by atoms with Gasteiger partial charge in [-0.15, -0.1) is 0 Å². The van der Waals surface area contributed by atoms with E-state index in [0.717, 1.165) is 5.56 Å². The highest BCUT2D eigenvalue weighted by atomic mass is 32.2. The molecule has 2 rings (SSSR count). The maximum Gasteiger partial charge on any atom is 0.414 e. The van der Waals surface area contributed by atoms with Crippen molar-refractivity contribution in [2.45, 2.75) is 44.6 Å². The lowest BCUT2D eigenvalue weighted by Gasteiger charge is -2.26. The number of sulfonamides is 1.